The van der Waals surface area contributed by atoms with E-state index in [1.54, 1.807) is 0 Å². The van der Waals surface area contributed by atoms with Gasteiger partial charge >= 0.3 is 0 Å². The van der Waals surface area contributed by atoms with Crippen LogP contribution < -0.4 is 5.32 Å². The standard InChI is InChI=1S/C16H16ClFN2O4S/c17-12-10-11(18)4-5-13(12)19-16(21)14-6-7-15(24-14)25(22,23)20-8-2-1-3-9-20/h4-7,10H,1-3,8-9H2,(H,19,21). The Labute approximate surface area is 149 Å². The number of carbonyl (C=O) groups excluding carboxylic acids is 1. The van der Waals surface area contributed by atoms with E-state index in [-0.39, 0.29) is 21.6 Å². The van der Waals surface area contributed by atoms with Gasteiger partial charge in [-0.15, -0.1) is 0 Å². The van der Waals surface area contributed by atoms with Crippen LogP contribution in [0.4, 0.5) is 10.1 Å². The maximum absolute atomic E-state index is 13.0. The summed E-state index contributed by atoms with van der Waals surface area (Å²) in [5.74, 6) is -1.37. The molecule has 134 valence electrons. The van der Waals surface area contributed by atoms with Gasteiger partial charge < -0.3 is 9.73 Å². The molecule has 25 heavy (non-hydrogen) atoms. The number of rotatable bonds is 4. The normalized spacial score (nSPS) is 15.9. The van der Waals surface area contributed by atoms with E-state index in [0.29, 0.717) is 13.1 Å². The molecule has 0 bridgehead atoms. The lowest BCUT2D eigenvalue weighted by molar-refractivity contribution is 0.0991. The summed E-state index contributed by atoms with van der Waals surface area (Å²) in [6, 6.07) is 6.06. The highest BCUT2D eigenvalue weighted by atomic mass is 35.5. The highest BCUT2D eigenvalue weighted by Gasteiger charge is 2.29. The van der Waals surface area contributed by atoms with Gasteiger partial charge in [-0.3, -0.25) is 4.79 Å². The van der Waals surface area contributed by atoms with Crippen molar-refractivity contribution in [2.45, 2.75) is 24.4 Å². The summed E-state index contributed by atoms with van der Waals surface area (Å²) in [5.41, 5.74) is 0.199. The molecule has 9 heteroatoms. The topological polar surface area (TPSA) is 79.6 Å². The number of halogens is 2. The fourth-order valence-electron chi connectivity index (χ4n) is 2.59. The number of hydrogen-bond acceptors (Lipinski definition) is 4. The highest BCUT2D eigenvalue weighted by Crippen LogP contribution is 2.25. The molecule has 0 spiro atoms. The molecule has 1 aliphatic heterocycles. The number of carbonyl (C=O) groups is 1. The van der Waals surface area contributed by atoms with Crippen molar-refractivity contribution in [2.24, 2.45) is 0 Å². The third-order valence-electron chi connectivity index (χ3n) is 3.89. The molecule has 0 radical (unpaired) electrons. The summed E-state index contributed by atoms with van der Waals surface area (Å²) in [4.78, 5) is 12.2. The van der Waals surface area contributed by atoms with Crippen LogP contribution in [-0.4, -0.2) is 31.7 Å². The number of benzene rings is 1. The van der Waals surface area contributed by atoms with Crippen molar-refractivity contribution >= 4 is 33.2 Å². The molecule has 3 rings (SSSR count). The van der Waals surface area contributed by atoms with Crippen LogP contribution in [0.2, 0.25) is 5.02 Å². The minimum absolute atomic E-state index is 0.0288. The molecular formula is C16H16ClFN2O4S. The summed E-state index contributed by atoms with van der Waals surface area (Å²) >= 11 is 5.85. The number of sulfonamides is 1. The van der Waals surface area contributed by atoms with Crippen LogP contribution >= 0.6 is 11.6 Å². The van der Waals surface area contributed by atoms with E-state index in [2.05, 4.69) is 5.32 Å². The molecule has 2 heterocycles. The molecule has 1 fully saturated rings. The average Bonchev–Trinajstić information content (AvgIpc) is 3.09. The molecule has 0 atom stereocenters. The van der Waals surface area contributed by atoms with Crippen molar-refractivity contribution in [2.75, 3.05) is 18.4 Å². The number of amides is 1. The SMILES string of the molecule is O=C(Nc1ccc(F)cc1Cl)c1ccc(S(=O)(=O)N2CCCCC2)o1. The van der Waals surface area contributed by atoms with Gasteiger partial charge in [-0.1, -0.05) is 18.0 Å². The largest absolute Gasteiger partial charge is 0.438 e. The van der Waals surface area contributed by atoms with E-state index in [4.69, 9.17) is 16.0 Å². The zero-order valence-corrected chi connectivity index (χ0v) is 14.7. The Morgan fingerprint density at radius 3 is 2.56 bits per heavy atom. The van der Waals surface area contributed by atoms with E-state index >= 15 is 0 Å². The van der Waals surface area contributed by atoms with Crippen LogP contribution in [0.1, 0.15) is 29.8 Å². The van der Waals surface area contributed by atoms with Crippen LogP contribution in [0.25, 0.3) is 0 Å². The summed E-state index contributed by atoms with van der Waals surface area (Å²) < 4.78 is 44.6. The molecule has 1 aliphatic rings. The zero-order chi connectivity index (χ0) is 18.0. The molecule has 1 amide bonds. The van der Waals surface area contributed by atoms with E-state index in [1.807, 2.05) is 0 Å². The monoisotopic (exact) mass is 386 g/mol. The zero-order valence-electron chi connectivity index (χ0n) is 13.2. The lowest BCUT2D eigenvalue weighted by atomic mass is 10.2. The van der Waals surface area contributed by atoms with E-state index in [1.165, 1.54) is 22.5 Å². The van der Waals surface area contributed by atoms with Crippen LogP contribution in [0.3, 0.4) is 0 Å². The van der Waals surface area contributed by atoms with Crippen LogP contribution in [0.15, 0.2) is 39.8 Å². The predicted octanol–water partition coefficient (Wildman–Crippen LogP) is 3.50. The molecule has 0 unspecified atom stereocenters. The minimum Gasteiger partial charge on any atom is -0.438 e. The molecule has 0 saturated carbocycles. The number of hydrogen-bond donors (Lipinski definition) is 1. The highest BCUT2D eigenvalue weighted by molar-refractivity contribution is 7.89. The van der Waals surface area contributed by atoms with Gasteiger partial charge in [0.15, 0.2) is 5.76 Å². The molecule has 1 saturated heterocycles. The maximum atomic E-state index is 13.0. The molecule has 1 N–H and O–H groups in total. The third kappa shape index (κ3) is 3.86. The number of anilines is 1. The second-order valence-electron chi connectivity index (χ2n) is 5.66. The Morgan fingerprint density at radius 1 is 1.16 bits per heavy atom. The van der Waals surface area contributed by atoms with Crippen LogP contribution in [-0.2, 0) is 10.0 Å². The van der Waals surface area contributed by atoms with Crippen molar-refractivity contribution in [3.05, 3.63) is 46.9 Å². The van der Waals surface area contributed by atoms with Gasteiger partial charge in [0, 0.05) is 13.1 Å². The number of piperidine rings is 1. The van der Waals surface area contributed by atoms with Crippen molar-refractivity contribution in [1.82, 2.24) is 4.31 Å². The van der Waals surface area contributed by atoms with Crippen molar-refractivity contribution in [1.29, 1.82) is 0 Å². The van der Waals surface area contributed by atoms with Crippen molar-refractivity contribution < 1.29 is 22.0 Å². The first-order valence-corrected chi connectivity index (χ1v) is 9.56. The summed E-state index contributed by atoms with van der Waals surface area (Å²) in [6.07, 6.45) is 2.60. The Morgan fingerprint density at radius 2 is 1.88 bits per heavy atom. The van der Waals surface area contributed by atoms with Gasteiger partial charge in [0.05, 0.1) is 10.7 Å². The minimum atomic E-state index is -3.75. The Kier molecular flexibility index (Phi) is 5.12. The maximum Gasteiger partial charge on any atom is 0.291 e. The fraction of sp³-hybridized carbons (Fsp3) is 0.312. The van der Waals surface area contributed by atoms with Gasteiger partial charge in [0.1, 0.15) is 5.82 Å². The molecule has 2 aromatic rings. The smallest absolute Gasteiger partial charge is 0.291 e. The van der Waals surface area contributed by atoms with Crippen LogP contribution in [0.5, 0.6) is 0 Å². The average molecular weight is 387 g/mol. The molecular weight excluding hydrogens is 371 g/mol. The first kappa shape index (κ1) is 17.9. The Bertz CT molecular complexity index is 891. The molecule has 6 nitrogen and oxygen atoms in total. The molecule has 1 aromatic heterocycles. The second kappa shape index (κ2) is 7.15. The number of nitrogens with zero attached hydrogens (tertiary/aromatic N) is 1. The molecule has 0 aliphatic carbocycles. The first-order valence-electron chi connectivity index (χ1n) is 7.74. The van der Waals surface area contributed by atoms with Crippen LogP contribution in [0, 0.1) is 5.82 Å². The van der Waals surface area contributed by atoms with Crippen molar-refractivity contribution in [3.8, 4) is 0 Å². The number of furan rings is 1. The van der Waals surface area contributed by atoms with E-state index in [0.717, 1.165) is 31.4 Å². The van der Waals surface area contributed by atoms with E-state index in [9.17, 15) is 17.6 Å². The van der Waals surface area contributed by atoms with Crippen molar-refractivity contribution in [3.63, 3.8) is 0 Å². The lowest BCUT2D eigenvalue weighted by Gasteiger charge is -2.24. The summed E-state index contributed by atoms with van der Waals surface area (Å²) in [5, 5.41) is 2.21. The van der Waals surface area contributed by atoms with Gasteiger partial charge in [-0.2, -0.15) is 4.31 Å². The lowest BCUT2D eigenvalue weighted by Crippen LogP contribution is -2.35. The first-order chi connectivity index (χ1) is 11.9. The van der Waals surface area contributed by atoms with Gasteiger partial charge in [0.25, 0.3) is 15.9 Å². The Hall–Kier alpha value is -1.90. The van der Waals surface area contributed by atoms with Gasteiger partial charge in [0.2, 0.25) is 5.09 Å². The third-order valence-corrected chi connectivity index (χ3v) is 5.98. The fourth-order valence-corrected chi connectivity index (χ4v) is 4.23. The summed E-state index contributed by atoms with van der Waals surface area (Å²) in [7, 11) is -3.75. The van der Waals surface area contributed by atoms with Gasteiger partial charge in [-0.25, -0.2) is 12.8 Å². The second-order valence-corrected chi connectivity index (χ2v) is 7.94. The molecule has 1 aromatic carbocycles. The predicted molar refractivity (Wildman–Crippen MR) is 90.7 cm³/mol. The summed E-state index contributed by atoms with van der Waals surface area (Å²) in [6.45, 7) is 0.880. The quantitative estimate of drug-likeness (QED) is 0.872. The Balaban J connectivity index is 1.77. The van der Waals surface area contributed by atoms with Gasteiger partial charge in [-0.05, 0) is 43.2 Å². The number of nitrogens with one attached hydrogen (secondary N) is 1. The van der Waals surface area contributed by atoms with E-state index < -0.39 is 21.7 Å².